The number of rotatable bonds is 6. The monoisotopic (exact) mass is 427 g/mol. The van der Waals surface area contributed by atoms with Crippen LogP contribution in [-0.2, 0) is 16.4 Å². The summed E-state index contributed by atoms with van der Waals surface area (Å²) in [7, 11) is -3.36. The number of thioether (sulfide) groups is 1. The fourth-order valence-corrected chi connectivity index (χ4v) is 3.28. The maximum atomic E-state index is 13.9. The zero-order valence-electron chi connectivity index (χ0n) is 14.8. The largest absolute Gasteiger partial charge is 0.448 e. The van der Waals surface area contributed by atoms with Gasteiger partial charge in [-0.05, 0) is 24.5 Å². The average molecular weight is 427 g/mol. The maximum absolute atomic E-state index is 13.9. The molecule has 148 valence electrons. The van der Waals surface area contributed by atoms with Gasteiger partial charge >= 0.3 is 0 Å². The molecule has 0 atom stereocenters. The smallest absolute Gasteiger partial charge is 0.295 e. The number of fused-ring (bicyclic) bond motifs is 1. The van der Waals surface area contributed by atoms with Crippen molar-refractivity contribution in [2.75, 3.05) is 18.3 Å². The van der Waals surface area contributed by atoms with Crippen molar-refractivity contribution in [2.45, 2.75) is 11.7 Å². The average Bonchev–Trinajstić information content (AvgIpc) is 2.62. The molecule has 0 aliphatic rings. The minimum atomic E-state index is -3.36. The Morgan fingerprint density at radius 1 is 1.21 bits per heavy atom. The third-order valence-electron chi connectivity index (χ3n) is 3.75. The van der Waals surface area contributed by atoms with Crippen molar-refractivity contribution < 1.29 is 21.9 Å². The molecule has 0 saturated carbocycles. The molecule has 2 aromatic heterocycles. The number of pyridine rings is 1. The summed E-state index contributed by atoms with van der Waals surface area (Å²) in [5.74, 6) is -2.65. The number of benzene rings is 1. The number of ether oxygens (including phenoxy) is 1. The van der Waals surface area contributed by atoms with E-state index in [4.69, 9.17) is 4.74 Å². The van der Waals surface area contributed by atoms with E-state index in [0.717, 1.165) is 23.0 Å². The highest BCUT2D eigenvalue weighted by Gasteiger charge is 2.16. The van der Waals surface area contributed by atoms with Crippen molar-refractivity contribution in [1.29, 1.82) is 0 Å². The summed E-state index contributed by atoms with van der Waals surface area (Å²) in [4.78, 5) is 21.3. The van der Waals surface area contributed by atoms with Gasteiger partial charge in [-0.2, -0.15) is 0 Å². The predicted octanol–water partition coefficient (Wildman–Crippen LogP) is 2.63. The Kier molecular flexibility index (Phi) is 5.66. The van der Waals surface area contributed by atoms with Gasteiger partial charge in [0.1, 0.15) is 21.3 Å². The second-order valence-corrected chi connectivity index (χ2v) is 8.94. The molecule has 0 spiro atoms. The highest BCUT2D eigenvalue weighted by atomic mass is 32.2. The van der Waals surface area contributed by atoms with Crippen molar-refractivity contribution in [3.8, 4) is 11.5 Å². The lowest BCUT2D eigenvalue weighted by atomic mass is 10.3. The topological polar surface area (TPSA) is 91.1 Å². The zero-order chi connectivity index (χ0) is 20.5. The first-order valence-electron chi connectivity index (χ1n) is 7.93. The number of sulfone groups is 1. The Morgan fingerprint density at radius 3 is 2.61 bits per heavy atom. The normalized spacial score (nSPS) is 11.7. The molecular formula is C17H15F2N3O4S2. The van der Waals surface area contributed by atoms with E-state index in [9.17, 15) is 22.0 Å². The molecule has 0 aliphatic carbocycles. The third kappa shape index (κ3) is 4.47. The van der Waals surface area contributed by atoms with Gasteiger partial charge < -0.3 is 4.74 Å². The molecule has 0 fully saturated rings. The fraction of sp³-hybridized carbons (Fsp3) is 0.235. The number of nitrogens with zero attached hydrogens (tertiary/aromatic N) is 3. The summed E-state index contributed by atoms with van der Waals surface area (Å²) < 4.78 is 56.6. The van der Waals surface area contributed by atoms with Gasteiger partial charge in [-0.25, -0.2) is 27.2 Å². The van der Waals surface area contributed by atoms with Crippen LogP contribution in [0.15, 0.2) is 40.4 Å². The Bertz CT molecular complexity index is 1210. The number of hydrogen-bond donors (Lipinski definition) is 0. The molecule has 0 unspecified atom stereocenters. The summed E-state index contributed by atoms with van der Waals surface area (Å²) in [6, 6.07) is 4.02. The molecule has 0 saturated heterocycles. The SMILES string of the molecule is CSc1ncc2cc(Oc3ccc(F)cc3F)c(=O)n(CCS(C)(=O)=O)c2n1. The van der Waals surface area contributed by atoms with E-state index in [1.54, 1.807) is 6.26 Å². The second kappa shape index (κ2) is 7.84. The van der Waals surface area contributed by atoms with Crippen molar-refractivity contribution in [2.24, 2.45) is 0 Å². The Balaban J connectivity index is 2.15. The Morgan fingerprint density at radius 2 is 1.96 bits per heavy atom. The summed E-state index contributed by atoms with van der Waals surface area (Å²) in [5, 5.41) is 0.807. The minimum Gasteiger partial charge on any atom is -0.448 e. The molecule has 0 aliphatic heterocycles. The van der Waals surface area contributed by atoms with E-state index in [1.807, 2.05) is 0 Å². The Labute approximate surface area is 163 Å². The maximum Gasteiger partial charge on any atom is 0.295 e. The number of hydrogen-bond acceptors (Lipinski definition) is 7. The molecule has 0 amide bonds. The lowest BCUT2D eigenvalue weighted by Gasteiger charge is -2.13. The number of aromatic nitrogens is 3. The first-order chi connectivity index (χ1) is 13.2. The van der Waals surface area contributed by atoms with Crippen LogP contribution in [0.2, 0.25) is 0 Å². The molecule has 3 rings (SSSR count). The van der Waals surface area contributed by atoms with Gasteiger partial charge in [0, 0.05) is 30.4 Å². The molecule has 28 heavy (non-hydrogen) atoms. The van der Waals surface area contributed by atoms with Crippen LogP contribution in [-0.4, -0.2) is 41.2 Å². The highest BCUT2D eigenvalue weighted by molar-refractivity contribution is 7.98. The van der Waals surface area contributed by atoms with Gasteiger partial charge in [-0.15, -0.1) is 0 Å². The summed E-state index contributed by atoms with van der Waals surface area (Å²) >= 11 is 1.26. The first kappa shape index (κ1) is 20.2. The van der Waals surface area contributed by atoms with Crippen LogP contribution in [0, 0.1) is 11.6 Å². The van der Waals surface area contributed by atoms with Crippen LogP contribution in [0.25, 0.3) is 11.0 Å². The van der Waals surface area contributed by atoms with Gasteiger partial charge in [0.05, 0.1) is 5.75 Å². The van der Waals surface area contributed by atoms with E-state index in [1.165, 1.54) is 24.0 Å². The van der Waals surface area contributed by atoms with Crippen LogP contribution in [0.4, 0.5) is 8.78 Å². The quantitative estimate of drug-likeness (QED) is 0.441. The van der Waals surface area contributed by atoms with Gasteiger partial charge in [0.2, 0.25) is 0 Å². The lowest BCUT2D eigenvalue weighted by molar-refractivity contribution is 0.429. The van der Waals surface area contributed by atoms with Crippen LogP contribution in [0.1, 0.15) is 0 Å². The second-order valence-electron chi connectivity index (χ2n) is 5.91. The van der Waals surface area contributed by atoms with E-state index >= 15 is 0 Å². The van der Waals surface area contributed by atoms with Crippen LogP contribution in [0.5, 0.6) is 11.5 Å². The molecular weight excluding hydrogens is 412 g/mol. The van der Waals surface area contributed by atoms with Gasteiger partial charge in [-0.1, -0.05) is 11.8 Å². The standard InChI is InChI=1S/C17H15F2N3O4S2/c1-27-17-20-9-10-7-14(26-13-4-3-11(18)8-12(13)19)16(23)22(15(10)21-17)5-6-28(2,24)25/h3-4,7-9H,5-6H2,1-2H3. The van der Waals surface area contributed by atoms with Crippen molar-refractivity contribution in [3.63, 3.8) is 0 Å². The van der Waals surface area contributed by atoms with Gasteiger partial charge in [0.15, 0.2) is 22.5 Å². The van der Waals surface area contributed by atoms with E-state index < -0.39 is 27.0 Å². The number of aryl methyl sites for hydroxylation is 1. The molecule has 2 heterocycles. The number of halogens is 2. The zero-order valence-corrected chi connectivity index (χ0v) is 16.5. The van der Waals surface area contributed by atoms with E-state index in [-0.39, 0.29) is 29.4 Å². The molecule has 3 aromatic rings. The predicted molar refractivity (Wildman–Crippen MR) is 102 cm³/mol. The van der Waals surface area contributed by atoms with E-state index in [2.05, 4.69) is 9.97 Å². The summed E-state index contributed by atoms with van der Waals surface area (Å²) in [5.41, 5.74) is -0.453. The minimum absolute atomic E-state index is 0.165. The first-order valence-corrected chi connectivity index (χ1v) is 11.2. The van der Waals surface area contributed by atoms with Gasteiger partial charge in [-0.3, -0.25) is 9.36 Å². The molecule has 0 N–H and O–H groups in total. The molecule has 0 bridgehead atoms. The molecule has 0 radical (unpaired) electrons. The van der Waals surface area contributed by atoms with Crippen molar-refractivity contribution in [3.05, 3.63) is 52.5 Å². The fourth-order valence-electron chi connectivity index (χ4n) is 2.43. The molecule has 7 nitrogen and oxygen atoms in total. The van der Waals surface area contributed by atoms with Gasteiger partial charge in [0.25, 0.3) is 5.56 Å². The lowest BCUT2D eigenvalue weighted by Crippen LogP contribution is -2.26. The van der Waals surface area contributed by atoms with Crippen LogP contribution < -0.4 is 10.3 Å². The molecule has 11 heteroatoms. The Hall–Kier alpha value is -2.53. The third-order valence-corrected chi connectivity index (χ3v) is 5.24. The summed E-state index contributed by atoms with van der Waals surface area (Å²) in [6.07, 6.45) is 4.27. The molecule has 1 aromatic carbocycles. The van der Waals surface area contributed by atoms with E-state index in [0.29, 0.717) is 16.6 Å². The van der Waals surface area contributed by atoms with Crippen LogP contribution >= 0.6 is 11.8 Å². The van der Waals surface area contributed by atoms with Crippen molar-refractivity contribution in [1.82, 2.24) is 14.5 Å². The summed E-state index contributed by atoms with van der Waals surface area (Å²) in [6.45, 7) is -0.165. The van der Waals surface area contributed by atoms with Crippen molar-refractivity contribution >= 4 is 32.6 Å². The highest BCUT2D eigenvalue weighted by Crippen LogP contribution is 2.25. The van der Waals surface area contributed by atoms with Crippen LogP contribution in [0.3, 0.4) is 0 Å².